The summed E-state index contributed by atoms with van der Waals surface area (Å²) in [6.45, 7) is 0. The van der Waals surface area contributed by atoms with Gasteiger partial charge in [0.1, 0.15) is 5.82 Å². The molecule has 0 heterocycles. The van der Waals surface area contributed by atoms with Crippen LogP contribution in [0.3, 0.4) is 0 Å². The molecule has 0 aliphatic heterocycles. The Morgan fingerprint density at radius 3 is 2.43 bits per heavy atom. The molecule has 1 rings (SSSR count). The van der Waals surface area contributed by atoms with Crippen molar-refractivity contribution in [2.75, 3.05) is 5.32 Å². The molecule has 0 fully saturated rings. The molecule has 0 radical (unpaired) electrons. The van der Waals surface area contributed by atoms with Gasteiger partial charge in [0.25, 0.3) is 6.43 Å². The number of hydrogen-bond donors (Lipinski definition) is 1. The van der Waals surface area contributed by atoms with E-state index in [2.05, 4.69) is 0 Å². The molecular weight excluding hydrogens is 202 g/mol. The standard InChI is InChI=1S/C8H5F4NO/c9-4-1-2-5(13-3-14)7(10)6(4)8(11)12/h1-3,8H,(H,13,14). The van der Waals surface area contributed by atoms with E-state index in [1.807, 2.05) is 5.32 Å². The average molecular weight is 207 g/mol. The minimum absolute atomic E-state index is 0.117. The van der Waals surface area contributed by atoms with Crippen LogP contribution >= 0.6 is 0 Å². The molecule has 14 heavy (non-hydrogen) atoms. The highest BCUT2D eigenvalue weighted by atomic mass is 19.3. The number of anilines is 1. The molecule has 0 aromatic heterocycles. The lowest BCUT2D eigenvalue weighted by atomic mass is 10.2. The quantitative estimate of drug-likeness (QED) is 0.598. The molecule has 76 valence electrons. The molecule has 1 aromatic rings. The fourth-order valence-corrected chi connectivity index (χ4v) is 0.944. The summed E-state index contributed by atoms with van der Waals surface area (Å²) >= 11 is 0. The molecule has 1 amide bonds. The number of hydrogen-bond acceptors (Lipinski definition) is 1. The maximum atomic E-state index is 13.0. The molecule has 0 spiro atoms. The maximum absolute atomic E-state index is 13.0. The van der Waals surface area contributed by atoms with Crippen LogP contribution in [-0.4, -0.2) is 6.41 Å². The molecule has 0 atom stereocenters. The van der Waals surface area contributed by atoms with E-state index < -0.39 is 29.3 Å². The Bertz CT molecular complexity index is 353. The Morgan fingerprint density at radius 1 is 1.29 bits per heavy atom. The summed E-state index contributed by atoms with van der Waals surface area (Å²) < 4.78 is 49.9. The second-order valence-electron chi connectivity index (χ2n) is 2.39. The highest BCUT2D eigenvalue weighted by Crippen LogP contribution is 2.29. The number of amides is 1. The number of halogens is 4. The zero-order valence-electron chi connectivity index (χ0n) is 6.73. The fraction of sp³-hybridized carbons (Fsp3) is 0.125. The molecule has 1 N–H and O–H groups in total. The normalized spacial score (nSPS) is 10.4. The van der Waals surface area contributed by atoms with Gasteiger partial charge in [-0.15, -0.1) is 0 Å². The molecule has 0 aliphatic carbocycles. The summed E-state index contributed by atoms with van der Waals surface area (Å²) in [5, 5.41) is 1.84. The summed E-state index contributed by atoms with van der Waals surface area (Å²) in [4.78, 5) is 9.93. The van der Waals surface area contributed by atoms with Crippen LogP contribution in [0.15, 0.2) is 12.1 Å². The number of rotatable bonds is 3. The topological polar surface area (TPSA) is 29.1 Å². The zero-order chi connectivity index (χ0) is 10.7. The monoisotopic (exact) mass is 207 g/mol. The van der Waals surface area contributed by atoms with Crippen LogP contribution < -0.4 is 5.32 Å². The summed E-state index contributed by atoms with van der Waals surface area (Å²) in [6, 6.07) is 1.53. The van der Waals surface area contributed by atoms with Gasteiger partial charge in [-0.1, -0.05) is 0 Å². The van der Waals surface area contributed by atoms with Gasteiger partial charge in [-0.05, 0) is 12.1 Å². The number of alkyl halides is 2. The first kappa shape index (κ1) is 10.5. The predicted octanol–water partition coefficient (Wildman–Crippen LogP) is 2.47. The van der Waals surface area contributed by atoms with Crippen molar-refractivity contribution in [1.82, 2.24) is 0 Å². The first-order valence-corrected chi connectivity index (χ1v) is 3.54. The van der Waals surface area contributed by atoms with Crippen molar-refractivity contribution < 1.29 is 22.4 Å². The van der Waals surface area contributed by atoms with Gasteiger partial charge in [-0.2, -0.15) is 0 Å². The Hall–Kier alpha value is -1.59. The molecular formula is C8H5F4NO. The summed E-state index contributed by atoms with van der Waals surface area (Å²) in [6.07, 6.45) is -3.14. The van der Waals surface area contributed by atoms with Crippen LogP contribution in [0.1, 0.15) is 12.0 Å². The van der Waals surface area contributed by atoms with Crippen molar-refractivity contribution in [2.45, 2.75) is 6.43 Å². The van der Waals surface area contributed by atoms with Crippen molar-refractivity contribution in [3.05, 3.63) is 29.3 Å². The SMILES string of the molecule is O=CNc1ccc(F)c(C(F)F)c1F. The lowest BCUT2D eigenvalue weighted by Gasteiger charge is -2.07. The van der Waals surface area contributed by atoms with Crippen molar-refractivity contribution in [1.29, 1.82) is 0 Å². The Morgan fingerprint density at radius 2 is 1.93 bits per heavy atom. The Labute approximate surface area is 76.5 Å². The van der Waals surface area contributed by atoms with E-state index in [-0.39, 0.29) is 6.41 Å². The van der Waals surface area contributed by atoms with Gasteiger partial charge in [0.15, 0.2) is 5.82 Å². The van der Waals surface area contributed by atoms with Crippen molar-refractivity contribution in [3.63, 3.8) is 0 Å². The average Bonchev–Trinajstić information content (AvgIpc) is 2.10. The van der Waals surface area contributed by atoms with Crippen molar-refractivity contribution >= 4 is 12.1 Å². The number of benzene rings is 1. The van der Waals surface area contributed by atoms with E-state index in [1.54, 1.807) is 0 Å². The summed E-state index contributed by atoms with van der Waals surface area (Å²) in [5.74, 6) is -2.79. The molecule has 0 saturated carbocycles. The molecule has 2 nitrogen and oxygen atoms in total. The first-order chi connectivity index (χ1) is 6.57. The summed E-state index contributed by atoms with van der Waals surface area (Å²) in [7, 11) is 0. The van der Waals surface area contributed by atoms with E-state index in [1.165, 1.54) is 0 Å². The summed E-state index contributed by atoms with van der Waals surface area (Å²) in [5.41, 5.74) is -1.81. The third-order valence-corrected chi connectivity index (χ3v) is 1.56. The second-order valence-corrected chi connectivity index (χ2v) is 2.39. The number of carbonyl (C=O) groups excluding carboxylic acids is 1. The fourth-order valence-electron chi connectivity index (χ4n) is 0.944. The Kier molecular flexibility index (Phi) is 3.06. The van der Waals surface area contributed by atoms with Crippen molar-refractivity contribution in [3.8, 4) is 0 Å². The van der Waals surface area contributed by atoms with Gasteiger partial charge >= 0.3 is 0 Å². The van der Waals surface area contributed by atoms with E-state index in [9.17, 15) is 22.4 Å². The largest absolute Gasteiger partial charge is 0.326 e. The van der Waals surface area contributed by atoms with E-state index in [4.69, 9.17) is 0 Å². The Balaban J connectivity index is 3.25. The number of nitrogens with one attached hydrogen (secondary N) is 1. The van der Waals surface area contributed by atoms with Crippen LogP contribution in [-0.2, 0) is 4.79 Å². The maximum Gasteiger partial charge on any atom is 0.269 e. The molecule has 1 aromatic carbocycles. The molecule has 0 aliphatic rings. The lowest BCUT2D eigenvalue weighted by Crippen LogP contribution is -2.03. The minimum atomic E-state index is -3.26. The van der Waals surface area contributed by atoms with Crippen molar-refractivity contribution in [2.24, 2.45) is 0 Å². The smallest absolute Gasteiger partial charge is 0.269 e. The molecule has 6 heteroatoms. The lowest BCUT2D eigenvalue weighted by molar-refractivity contribution is -0.105. The first-order valence-electron chi connectivity index (χ1n) is 3.54. The molecule has 0 unspecified atom stereocenters. The van der Waals surface area contributed by atoms with Crippen LogP contribution in [0, 0.1) is 11.6 Å². The molecule has 0 saturated heterocycles. The molecule has 0 bridgehead atoms. The van der Waals surface area contributed by atoms with Crippen LogP contribution in [0.25, 0.3) is 0 Å². The van der Waals surface area contributed by atoms with Gasteiger partial charge in [0, 0.05) is 0 Å². The van der Waals surface area contributed by atoms with E-state index in [0.717, 1.165) is 6.07 Å². The van der Waals surface area contributed by atoms with Crippen LogP contribution in [0.2, 0.25) is 0 Å². The van der Waals surface area contributed by atoms with Gasteiger partial charge < -0.3 is 5.32 Å². The van der Waals surface area contributed by atoms with Gasteiger partial charge in [0.05, 0.1) is 11.3 Å². The van der Waals surface area contributed by atoms with Gasteiger partial charge in [0.2, 0.25) is 6.41 Å². The highest BCUT2D eigenvalue weighted by molar-refractivity contribution is 5.71. The third-order valence-electron chi connectivity index (χ3n) is 1.56. The van der Waals surface area contributed by atoms with Crippen LogP contribution in [0.5, 0.6) is 0 Å². The third kappa shape index (κ3) is 1.84. The van der Waals surface area contributed by atoms with Gasteiger partial charge in [-0.25, -0.2) is 17.6 Å². The second kappa shape index (κ2) is 4.08. The minimum Gasteiger partial charge on any atom is -0.326 e. The predicted molar refractivity (Wildman–Crippen MR) is 41.0 cm³/mol. The van der Waals surface area contributed by atoms with Crippen LogP contribution in [0.4, 0.5) is 23.2 Å². The zero-order valence-corrected chi connectivity index (χ0v) is 6.73. The van der Waals surface area contributed by atoms with Gasteiger partial charge in [-0.3, -0.25) is 4.79 Å². The number of carbonyl (C=O) groups is 1. The van der Waals surface area contributed by atoms with E-state index in [0.29, 0.717) is 6.07 Å². The highest BCUT2D eigenvalue weighted by Gasteiger charge is 2.21. The van der Waals surface area contributed by atoms with E-state index >= 15 is 0 Å².